The first-order chi connectivity index (χ1) is 8.31. The third-order valence-corrected chi connectivity index (χ3v) is 2.50. The molecule has 92 valence electrons. The van der Waals surface area contributed by atoms with E-state index in [1.807, 2.05) is 13.0 Å². The zero-order valence-electron chi connectivity index (χ0n) is 10.2. The summed E-state index contributed by atoms with van der Waals surface area (Å²) in [6, 6.07) is 1.84. The Labute approximate surface area is 100 Å². The molecule has 0 radical (unpaired) electrons. The zero-order chi connectivity index (χ0) is 12.1. The molecular weight excluding hydrogens is 218 g/mol. The van der Waals surface area contributed by atoms with Crippen molar-refractivity contribution in [3.05, 3.63) is 24.0 Å². The maximum absolute atomic E-state index is 5.57. The average Bonchev–Trinajstić information content (AvgIpc) is 2.93. The number of rotatable bonds is 6. The topological polar surface area (TPSA) is 64.1 Å². The number of furan rings is 1. The molecule has 0 aliphatic heterocycles. The average molecular weight is 235 g/mol. The van der Waals surface area contributed by atoms with Crippen LogP contribution in [0.3, 0.4) is 0 Å². The van der Waals surface area contributed by atoms with Gasteiger partial charge in [-0.1, -0.05) is 6.92 Å². The van der Waals surface area contributed by atoms with E-state index in [2.05, 4.69) is 22.4 Å². The first-order valence-corrected chi connectivity index (χ1v) is 5.89. The Hall–Kier alpha value is -1.62. The van der Waals surface area contributed by atoms with E-state index in [1.54, 1.807) is 6.26 Å². The fourth-order valence-electron chi connectivity index (χ4n) is 1.57. The van der Waals surface area contributed by atoms with Gasteiger partial charge in [-0.3, -0.25) is 0 Å². The fraction of sp³-hybridized carbons (Fsp3) is 0.500. The van der Waals surface area contributed by atoms with Crippen LogP contribution < -0.4 is 5.32 Å². The van der Waals surface area contributed by atoms with E-state index in [1.165, 1.54) is 0 Å². The van der Waals surface area contributed by atoms with Gasteiger partial charge in [0, 0.05) is 13.0 Å². The van der Waals surface area contributed by atoms with Crippen LogP contribution in [0, 0.1) is 6.92 Å². The van der Waals surface area contributed by atoms with Crippen LogP contribution in [0.4, 0.5) is 0 Å². The van der Waals surface area contributed by atoms with Gasteiger partial charge in [0.05, 0.1) is 11.8 Å². The predicted molar refractivity (Wildman–Crippen MR) is 63.6 cm³/mol. The number of nitrogens with zero attached hydrogens (tertiary/aromatic N) is 2. The van der Waals surface area contributed by atoms with Crippen LogP contribution >= 0.6 is 0 Å². The molecular formula is C12H17N3O2. The lowest BCUT2D eigenvalue weighted by Gasteiger charge is -1.98. The van der Waals surface area contributed by atoms with E-state index in [0.717, 1.165) is 37.3 Å². The van der Waals surface area contributed by atoms with Crippen molar-refractivity contribution in [3.63, 3.8) is 0 Å². The lowest BCUT2D eigenvalue weighted by molar-refractivity contribution is 0.491. The van der Waals surface area contributed by atoms with Gasteiger partial charge in [0.1, 0.15) is 5.76 Å². The summed E-state index contributed by atoms with van der Waals surface area (Å²) in [5.41, 5.74) is 0.866. The number of nitrogens with one attached hydrogen (secondary N) is 1. The molecule has 1 N–H and O–H groups in total. The van der Waals surface area contributed by atoms with Crippen LogP contribution in [0.2, 0.25) is 0 Å². The van der Waals surface area contributed by atoms with Gasteiger partial charge in [-0.25, -0.2) is 0 Å². The first kappa shape index (κ1) is 11.9. The van der Waals surface area contributed by atoms with E-state index >= 15 is 0 Å². The molecule has 0 saturated carbocycles. The Balaban J connectivity index is 1.95. The third-order valence-electron chi connectivity index (χ3n) is 2.50. The van der Waals surface area contributed by atoms with Crippen LogP contribution in [0.5, 0.6) is 0 Å². The molecule has 0 aliphatic rings. The normalized spacial score (nSPS) is 10.9. The van der Waals surface area contributed by atoms with Gasteiger partial charge in [-0.2, -0.15) is 0 Å². The molecule has 2 heterocycles. The molecule has 0 aromatic carbocycles. The fourth-order valence-corrected chi connectivity index (χ4v) is 1.57. The molecule has 0 unspecified atom stereocenters. The maximum atomic E-state index is 5.57. The smallest absolute Gasteiger partial charge is 0.251 e. The lowest BCUT2D eigenvalue weighted by atomic mass is 10.3. The molecule has 0 fully saturated rings. The molecule has 0 bridgehead atoms. The number of hydrogen-bond acceptors (Lipinski definition) is 5. The second-order valence-electron chi connectivity index (χ2n) is 3.89. The van der Waals surface area contributed by atoms with E-state index in [9.17, 15) is 0 Å². The zero-order valence-corrected chi connectivity index (χ0v) is 10.2. The first-order valence-electron chi connectivity index (χ1n) is 5.89. The molecule has 17 heavy (non-hydrogen) atoms. The maximum Gasteiger partial charge on any atom is 0.251 e. The standard InChI is InChI=1S/C12H17N3O2/c1-3-6-13-7-4-11-14-15-12(17-11)10-5-8-16-9(10)2/h5,8,13H,3-4,6-7H2,1-2H3. The Kier molecular flexibility index (Phi) is 3.93. The molecule has 0 spiro atoms. The van der Waals surface area contributed by atoms with Crippen molar-refractivity contribution in [2.45, 2.75) is 26.7 Å². The van der Waals surface area contributed by atoms with Crippen LogP contribution in [-0.2, 0) is 6.42 Å². The van der Waals surface area contributed by atoms with E-state index < -0.39 is 0 Å². The van der Waals surface area contributed by atoms with Crippen molar-refractivity contribution in [3.8, 4) is 11.5 Å². The highest BCUT2D eigenvalue weighted by Crippen LogP contribution is 2.22. The quantitative estimate of drug-likeness (QED) is 0.777. The van der Waals surface area contributed by atoms with E-state index in [-0.39, 0.29) is 0 Å². The minimum Gasteiger partial charge on any atom is -0.469 e. The highest BCUT2D eigenvalue weighted by molar-refractivity contribution is 5.54. The van der Waals surface area contributed by atoms with Gasteiger partial charge in [-0.15, -0.1) is 10.2 Å². The van der Waals surface area contributed by atoms with E-state index in [4.69, 9.17) is 8.83 Å². The molecule has 2 aromatic heterocycles. The Morgan fingerprint density at radius 1 is 1.29 bits per heavy atom. The minimum atomic E-state index is 0.529. The molecule has 0 atom stereocenters. The molecule has 5 nitrogen and oxygen atoms in total. The van der Waals surface area contributed by atoms with Crippen molar-refractivity contribution < 1.29 is 8.83 Å². The largest absolute Gasteiger partial charge is 0.469 e. The monoisotopic (exact) mass is 235 g/mol. The molecule has 0 amide bonds. The Morgan fingerprint density at radius 2 is 2.18 bits per heavy atom. The number of aryl methyl sites for hydroxylation is 1. The summed E-state index contributed by atoms with van der Waals surface area (Å²) in [5.74, 6) is 1.98. The minimum absolute atomic E-state index is 0.529. The molecule has 0 saturated heterocycles. The summed E-state index contributed by atoms with van der Waals surface area (Å²) in [5, 5.41) is 11.3. The summed E-state index contributed by atoms with van der Waals surface area (Å²) < 4.78 is 10.8. The van der Waals surface area contributed by atoms with Gasteiger partial charge in [0.2, 0.25) is 5.89 Å². The van der Waals surface area contributed by atoms with Crippen LogP contribution in [0.25, 0.3) is 11.5 Å². The van der Waals surface area contributed by atoms with Crippen molar-refractivity contribution in [1.82, 2.24) is 15.5 Å². The Morgan fingerprint density at radius 3 is 2.88 bits per heavy atom. The number of aromatic nitrogens is 2. The summed E-state index contributed by atoms with van der Waals surface area (Å²) in [7, 11) is 0. The van der Waals surface area contributed by atoms with Crippen LogP contribution in [-0.4, -0.2) is 23.3 Å². The lowest BCUT2D eigenvalue weighted by Crippen LogP contribution is -2.17. The molecule has 5 heteroatoms. The second kappa shape index (κ2) is 5.63. The van der Waals surface area contributed by atoms with Crippen LogP contribution in [0.15, 0.2) is 21.2 Å². The Bertz CT molecular complexity index is 462. The van der Waals surface area contributed by atoms with Crippen molar-refractivity contribution in [2.75, 3.05) is 13.1 Å². The predicted octanol–water partition coefficient (Wildman–Crippen LogP) is 2.18. The molecule has 2 rings (SSSR count). The van der Waals surface area contributed by atoms with Gasteiger partial charge in [0.25, 0.3) is 5.89 Å². The van der Waals surface area contributed by atoms with Gasteiger partial charge in [0.15, 0.2) is 0 Å². The highest BCUT2D eigenvalue weighted by atomic mass is 16.4. The summed E-state index contributed by atoms with van der Waals surface area (Å²) in [4.78, 5) is 0. The molecule has 0 aliphatic carbocycles. The van der Waals surface area contributed by atoms with Crippen LogP contribution in [0.1, 0.15) is 25.0 Å². The summed E-state index contributed by atoms with van der Waals surface area (Å²) in [6.45, 7) is 5.89. The van der Waals surface area contributed by atoms with Gasteiger partial charge < -0.3 is 14.2 Å². The van der Waals surface area contributed by atoms with Crippen molar-refractivity contribution in [1.29, 1.82) is 0 Å². The summed E-state index contributed by atoms with van der Waals surface area (Å²) in [6.07, 6.45) is 3.50. The summed E-state index contributed by atoms with van der Waals surface area (Å²) >= 11 is 0. The van der Waals surface area contributed by atoms with Crippen molar-refractivity contribution >= 4 is 0 Å². The van der Waals surface area contributed by atoms with Gasteiger partial charge >= 0.3 is 0 Å². The number of hydrogen-bond donors (Lipinski definition) is 1. The van der Waals surface area contributed by atoms with Gasteiger partial charge in [-0.05, 0) is 26.0 Å². The molecule has 2 aromatic rings. The third kappa shape index (κ3) is 2.94. The SMILES string of the molecule is CCCNCCc1nnc(-c2ccoc2C)o1. The van der Waals surface area contributed by atoms with Crippen molar-refractivity contribution in [2.24, 2.45) is 0 Å². The highest BCUT2D eigenvalue weighted by Gasteiger charge is 2.12. The second-order valence-corrected chi connectivity index (χ2v) is 3.89. The van der Waals surface area contributed by atoms with E-state index in [0.29, 0.717) is 11.8 Å².